The molecule has 0 radical (unpaired) electrons. The number of benzene rings is 1. The molecule has 0 saturated carbocycles. The maximum Gasteiger partial charge on any atom is 0.184 e. The van der Waals surface area contributed by atoms with Gasteiger partial charge in [-0.3, -0.25) is 0 Å². The van der Waals surface area contributed by atoms with E-state index in [-0.39, 0.29) is 0 Å². The van der Waals surface area contributed by atoms with E-state index < -0.39 is 6.10 Å². The van der Waals surface area contributed by atoms with Crippen molar-refractivity contribution in [2.75, 3.05) is 0 Å². The van der Waals surface area contributed by atoms with Gasteiger partial charge in [0.1, 0.15) is 11.8 Å². The van der Waals surface area contributed by atoms with Crippen LogP contribution in [0.25, 0.3) is 0 Å². The lowest BCUT2D eigenvalue weighted by Crippen LogP contribution is -2.12. The van der Waals surface area contributed by atoms with Crippen LogP contribution in [0.15, 0.2) is 18.2 Å². The van der Waals surface area contributed by atoms with Crippen molar-refractivity contribution < 1.29 is 4.74 Å². The van der Waals surface area contributed by atoms with Crippen LogP contribution in [0.4, 0.5) is 0 Å². The van der Waals surface area contributed by atoms with Crippen LogP contribution in [0.5, 0.6) is 5.75 Å². The van der Waals surface area contributed by atoms with Crippen LogP contribution in [0.3, 0.4) is 0 Å². The summed E-state index contributed by atoms with van der Waals surface area (Å²) in [6.45, 7) is 1.90. The number of hydrogen-bond acceptors (Lipinski definition) is 2. The van der Waals surface area contributed by atoms with Crippen LogP contribution in [-0.2, 0) is 5.33 Å². The molecule has 0 N–H and O–H groups in total. The van der Waals surface area contributed by atoms with Gasteiger partial charge in [0.15, 0.2) is 6.10 Å². The van der Waals surface area contributed by atoms with Gasteiger partial charge in [-0.05, 0) is 24.1 Å². The van der Waals surface area contributed by atoms with Gasteiger partial charge in [0.05, 0.1) is 5.02 Å². The molecule has 1 aromatic carbocycles. The molecule has 0 aliphatic rings. The number of nitriles is 1. The fourth-order valence-electron chi connectivity index (χ4n) is 1.08. The summed E-state index contributed by atoms with van der Waals surface area (Å²) in [5.41, 5.74) is 1.08. The summed E-state index contributed by atoms with van der Waals surface area (Å²) in [7, 11) is 0. The lowest BCUT2D eigenvalue weighted by Gasteiger charge is -2.12. The lowest BCUT2D eigenvalue weighted by molar-refractivity contribution is 0.252. The number of nitrogens with zero attached hydrogens (tertiary/aromatic N) is 1. The first-order chi connectivity index (χ1) is 7.21. The Bertz CT molecular complexity index is 375. The fraction of sp³-hybridized carbons (Fsp3) is 0.364. The first kappa shape index (κ1) is 12.4. The largest absolute Gasteiger partial charge is 0.474 e. The molecule has 0 amide bonds. The van der Waals surface area contributed by atoms with Crippen molar-refractivity contribution in [1.82, 2.24) is 0 Å². The number of hydrogen-bond donors (Lipinski definition) is 0. The minimum atomic E-state index is -0.433. The highest BCUT2D eigenvalue weighted by molar-refractivity contribution is 9.08. The molecule has 80 valence electrons. The standard InChI is InChI=1S/C11H11BrClNO/c1-2-9(7-14)15-11-4-3-8(6-12)5-10(11)13/h3-5,9H,2,6H2,1H3. The Kier molecular flexibility index (Phi) is 4.93. The van der Waals surface area contributed by atoms with Gasteiger partial charge in [-0.15, -0.1) is 0 Å². The second-order valence-corrected chi connectivity index (χ2v) is 4.01. The molecule has 0 spiro atoms. The third-order valence-corrected chi connectivity index (χ3v) is 2.88. The SMILES string of the molecule is CCC(C#N)Oc1ccc(CBr)cc1Cl. The molecule has 1 unspecified atom stereocenters. The summed E-state index contributed by atoms with van der Waals surface area (Å²) in [6.07, 6.45) is 0.213. The summed E-state index contributed by atoms with van der Waals surface area (Å²) in [5, 5.41) is 10.0. The Morgan fingerprint density at radius 3 is 2.80 bits per heavy atom. The third kappa shape index (κ3) is 3.40. The van der Waals surface area contributed by atoms with Crippen LogP contribution in [-0.4, -0.2) is 6.10 Å². The van der Waals surface area contributed by atoms with Gasteiger partial charge in [-0.1, -0.05) is 40.5 Å². The number of ether oxygens (including phenoxy) is 1. The van der Waals surface area contributed by atoms with E-state index in [1.54, 1.807) is 6.07 Å². The van der Waals surface area contributed by atoms with E-state index in [2.05, 4.69) is 22.0 Å². The van der Waals surface area contributed by atoms with Crippen LogP contribution < -0.4 is 4.74 Å². The minimum absolute atomic E-state index is 0.433. The highest BCUT2D eigenvalue weighted by atomic mass is 79.9. The predicted octanol–water partition coefficient (Wildman–Crippen LogP) is 3.92. The van der Waals surface area contributed by atoms with Crippen molar-refractivity contribution in [2.24, 2.45) is 0 Å². The van der Waals surface area contributed by atoms with Crippen molar-refractivity contribution >= 4 is 27.5 Å². The molecular formula is C11H11BrClNO. The molecule has 0 aromatic heterocycles. The summed E-state index contributed by atoms with van der Waals surface area (Å²) >= 11 is 9.35. The van der Waals surface area contributed by atoms with Crippen molar-refractivity contribution in [3.63, 3.8) is 0 Å². The molecule has 15 heavy (non-hydrogen) atoms. The van der Waals surface area contributed by atoms with E-state index in [9.17, 15) is 0 Å². The van der Waals surface area contributed by atoms with Gasteiger partial charge in [0.2, 0.25) is 0 Å². The maximum absolute atomic E-state index is 8.75. The number of halogens is 2. The molecule has 0 bridgehead atoms. The van der Waals surface area contributed by atoms with Crippen LogP contribution >= 0.6 is 27.5 Å². The molecular weight excluding hydrogens is 277 g/mol. The van der Waals surface area contributed by atoms with E-state index >= 15 is 0 Å². The Morgan fingerprint density at radius 1 is 1.60 bits per heavy atom. The van der Waals surface area contributed by atoms with Gasteiger partial charge >= 0.3 is 0 Å². The van der Waals surface area contributed by atoms with Gasteiger partial charge in [-0.25, -0.2) is 0 Å². The Balaban J connectivity index is 2.83. The van der Waals surface area contributed by atoms with Crippen molar-refractivity contribution in [3.05, 3.63) is 28.8 Å². The quantitative estimate of drug-likeness (QED) is 0.787. The van der Waals surface area contributed by atoms with Gasteiger partial charge in [-0.2, -0.15) is 5.26 Å². The molecule has 0 aliphatic heterocycles. The highest BCUT2D eigenvalue weighted by Crippen LogP contribution is 2.27. The maximum atomic E-state index is 8.75. The lowest BCUT2D eigenvalue weighted by atomic mass is 10.2. The first-order valence-electron chi connectivity index (χ1n) is 4.62. The topological polar surface area (TPSA) is 33.0 Å². The van der Waals surface area contributed by atoms with Crippen molar-refractivity contribution in [2.45, 2.75) is 24.8 Å². The van der Waals surface area contributed by atoms with Crippen LogP contribution in [0.2, 0.25) is 5.02 Å². The van der Waals surface area contributed by atoms with Crippen LogP contribution in [0.1, 0.15) is 18.9 Å². The number of rotatable bonds is 4. The zero-order valence-electron chi connectivity index (χ0n) is 8.34. The average molecular weight is 289 g/mol. The molecule has 0 saturated heterocycles. The molecule has 0 fully saturated rings. The van der Waals surface area contributed by atoms with Crippen LogP contribution in [0, 0.1) is 11.3 Å². The monoisotopic (exact) mass is 287 g/mol. The molecule has 2 nitrogen and oxygen atoms in total. The average Bonchev–Trinajstić information content (AvgIpc) is 2.27. The molecule has 4 heteroatoms. The Morgan fingerprint density at radius 2 is 2.33 bits per heavy atom. The second-order valence-electron chi connectivity index (χ2n) is 3.04. The normalized spacial score (nSPS) is 11.9. The van der Waals surface area contributed by atoms with Gasteiger partial charge in [0.25, 0.3) is 0 Å². The summed E-state index contributed by atoms with van der Waals surface area (Å²) in [5.74, 6) is 0.565. The Hall–Kier alpha value is -0.720. The predicted molar refractivity (Wildman–Crippen MR) is 64.4 cm³/mol. The first-order valence-corrected chi connectivity index (χ1v) is 6.11. The third-order valence-electron chi connectivity index (χ3n) is 1.93. The molecule has 1 rings (SSSR count). The molecule has 0 heterocycles. The number of alkyl halides is 1. The van der Waals surface area contributed by atoms with E-state index in [4.69, 9.17) is 21.6 Å². The summed E-state index contributed by atoms with van der Waals surface area (Å²) < 4.78 is 5.43. The zero-order chi connectivity index (χ0) is 11.3. The molecule has 0 aliphatic carbocycles. The second kappa shape index (κ2) is 5.99. The Labute approximate surface area is 103 Å². The summed E-state index contributed by atoms with van der Waals surface area (Å²) in [4.78, 5) is 0. The van der Waals surface area contributed by atoms with E-state index in [0.717, 1.165) is 10.9 Å². The fourth-order valence-corrected chi connectivity index (χ4v) is 1.67. The molecule has 1 aromatic rings. The van der Waals surface area contributed by atoms with Crippen molar-refractivity contribution in [1.29, 1.82) is 5.26 Å². The minimum Gasteiger partial charge on any atom is -0.474 e. The van der Waals surface area contributed by atoms with Crippen molar-refractivity contribution in [3.8, 4) is 11.8 Å². The summed E-state index contributed by atoms with van der Waals surface area (Å²) in [6, 6.07) is 7.60. The molecule has 1 atom stereocenters. The van der Waals surface area contributed by atoms with E-state index in [1.807, 2.05) is 19.1 Å². The zero-order valence-corrected chi connectivity index (χ0v) is 10.7. The van der Waals surface area contributed by atoms with E-state index in [1.165, 1.54) is 0 Å². The van der Waals surface area contributed by atoms with Gasteiger partial charge in [0, 0.05) is 5.33 Å². The highest BCUT2D eigenvalue weighted by Gasteiger charge is 2.09. The van der Waals surface area contributed by atoms with Gasteiger partial charge < -0.3 is 4.74 Å². The van der Waals surface area contributed by atoms with E-state index in [0.29, 0.717) is 17.2 Å². The smallest absolute Gasteiger partial charge is 0.184 e.